The molecule has 0 aliphatic carbocycles. The summed E-state index contributed by atoms with van der Waals surface area (Å²) in [6.45, 7) is 3.99. The number of ether oxygens (including phenoxy) is 2. The molecule has 0 aromatic heterocycles. The topological polar surface area (TPSA) is 111 Å². The molecule has 562 valence electrons. The molecule has 0 N–H and O–H groups in total. The van der Waals surface area contributed by atoms with Crippen LogP contribution in [0.1, 0.15) is 284 Å². The normalized spacial score (nSPS) is 14.3. The fourth-order valence-corrected chi connectivity index (χ4v) is 10.8. The molecular weight excluding hydrogens is 1250 g/mol. The maximum Gasteiger partial charge on any atom is 0.306 e. The number of nitrogens with zero attached hydrogens (tertiary/aromatic N) is 1. The molecule has 0 saturated heterocycles. The molecule has 100 heavy (non-hydrogen) atoms. The molecule has 2 unspecified atom stereocenters. The number of likely N-dealkylation sites (N-methyl/N-ethyl adjacent to an activating group) is 1. The second-order valence-electron chi connectivity index (χ2n) is 26.6. The molecule has 0 saturated carbocycles. The van der Waals surface area contributed by atoms with E-state index in [4.69, 9.17) is 18.5 Å². The van der Waals surface area contributed by atoms with Gasteiger partial charge in [-0.25, -0.2) is 0 Å². The number of hydrogen-bond donors (Lipinski definition) is 0. The van der Waals surface area contributed by atoms with Gasteiger partial charge in [-0.15, -0.1) is 0 Å². The Labute approximate surface area is 614 Å². The highest BCUT2D eigenvalue weighted by Gasteiger charge is 2.22. The van der Waals surface area contributed by atoms with Crippen molar-refractivity contribution in [3.8, 4) is 0 Å². The lowest BCUT2D eigenvalue weighted by atomic mass is 10.0. The molecule has 0 aliphatic rings. The van der Waals surface area contributed by atoms with Crippen molar-refractivity contribution in [2.75, 3.05) is 47.5 Å². The maximum absolute atomic E-state index is 12.9. The predicted molar refractivity (Wildman–Crippen MR) is 433 cm³/mol. The average Bonchev–Trinajstić information content (AvgIpc) is 1.30. The molecule has 0 spiro atoms. The van der Waals surface area contributed by atoms with Gasteiger partial charge < -0.3 is 27.9 Å². The van der Waals surface area contributed by atoms with E-state index >= 15 is 0 Å². The summed E-state index contributed by atoms with van der Waals surface area (Å²) in [5, 5.41) is 0. The van der Waals surface area contributed by atoms with Gasteiger partial charge in [0.25, 0.3) is 7.82 Å². The number of phosphoric acid groups is 1. The Morgan fingerprint density at radius 1 is 0.310 bits per heavy atom. The summed E-state index contributed by atoms with van der Waals surface area (Å²) in [5.41, 5.74) is 0. The number of quaternary nitrogens is 1. The molecular formula is C90H144NO8P. The van der Waals surface area contributed by atoms with Gasteiger partial charge in [-0.1, -0.05) is 335 Å². The van der Waals surface area contributed by atoms with Crippen LogP contribution in [0, 0.1) is 0 Å². The largest absolute Gasteiger partial charge is 0.756 e. The van der Waals surface area contributed by atoms with Crippen LogP contribution in [0.4, 0.5) is 0 Å². The third-order valence-electron chi connectivity index (χ3n) is 16.0. The fourth-order valence-electron chi connectivity index (χ4n) is 10.1. The van der Waals surface area contributed by atoms with E-state index in [1.807, 2.05) is 21.1 Å². The van der Waals surface area contributed by atoms with Crippen molar-refractivity contribution in [3.05, 3.63) is 219 Å². The summed E-state index contributed by atoms with van der Waals surface area (Å²) in [4.78, 5) is 38.2. The Balaban J connectivity index is 4.10. The first-order valence-corrected chi connectivity index (χ1v) is 40.9. The molecule has 0 radical (unpaired) electrons. The standard InChI is InChI=1S/C90H144NO8P/c1-6-8-10-12-14-16-18-20-22-24-26-28-30-32-34-36-38-40-42-43-44-45-46-47-49-51-53-55-57-59-61-63-65-67-69-71-73-75-77-79-81-83-90(93)99-88(87-98-100(94,95)97-85-84-91(3,4)5)86-96-89(92)82-80-78-76-74-72-70-68-66-64-62-60-58-56-54-52-50-48-41-39-37-35-33-31-29-27-25-23-21-19-17-15-13-11-9-7-2/h8-11,14-17,20-23,26-29,32-35,38-41,43-44,46-47,50-53,56-59,88H,6-7,12-13,18-19,24-25,30-31,36-37,42,45,48-49,54-55,60-87H2,1-5H3/b10-8-,11-9-,16-14-,17-15-,22-20-,23-21-,28-26-,29-27-,34-32-,35-33-,40-38-,41-39-,44-43-,47-46-,52-50-,53-51-,58-56-,59-57-. The second kappa shape index (κ2) is 77.5. The molecule has 10 heteroatoms. The molecule has 0 aromatic carbocycles. The monoisotopic (exact) mass is 1400 g/mol. The number of unbranched alkanes of at least 4 members (excludes halogenated alkanes) is 20. The molecule has 2 atom stereocenters. The van der Waals surface area contributed by atoms with Crippen LogP contribution < -0.4 is 4.89 Å². The Kier molecular flexibility index (Phi) is 73.1. The van der Waals surface area contributed by atoms with Crippen LogP contribution >= 0.6 is 7.82 Å². The number of carbonyl (C=O) groups is 2. The average molecular weight is 1400 g/mol. The Bertz CT molecular complexity index is 2500. The SMILES string of the molecule is CC/C=C\C/C=C\C/C=C\C/C=C\C/C=C\C/C=C\C/C=C\C/C=C\C/C=C\C/C=C\CCCCCCCCCCCCC(=O)OC(COC(=O)CCCCCCCCCCCC/C=C\C/C=C\C/C=C\C/C=C\C/C=C\C/C=C\C/C=C\C/C=C\CC)COP(=O)([O-])OCC[N+](C)(C)C. The molecule has 0 heterocycles. The maximum atomic E-state index is 12.9. The number of hydrogen-bond acceptors (Lipinski definition) is 8. The van der Waals surface area contributed by atoms with E-state index in [0.29, 0.717) is 23.9 Å². The van der Waals surface area contributed by atoms with Crippen molar-refractivity contribution in [1.29, 1.82) is 0 Å². The highest BCUT2D eigenvalue weighted by molar-refractivity contribution is 7.45. The molecule has 0 rings (SSSR count). The smallest absolute Gasteiger partial charge is 0.306 e. The molecule has 0 aromatic rings. The van der Waals surface area contributed by atoms with E-state index in [0.717, 1.165) is 167 Å². The molecule has 9 nitrogen and oxygen atoms in total. The van der Waals surface area contributed by atoms with Gasteiger partial charge in [0.1, 0.15) is 19.8 Å². The Hall–Kier alpha value is -5.67. The lowest BCUT2D eigenvalue weighted by Crippen LogP contribution is -2.37. The van der Waals surface area contributed by atoms with Crippen LogP contribution in [0.25, 0.3) is 0 Å². The first-order valence-electron chi connectivity index (χ1n) is 39.4. The van der Waals surface area contributed by atoms with Gasteiger partial charge in [0, 0.05) is 12.8 Å². The summed E-state index contributed by atoms with van der Waals surface area (Å²) in [5.74, 6) is -0.854. The van der Waals surface area contributed by atoms with Crippen LogP contribution in [-0.2, 0) is 32.7 Å². The van der Waals surface area contributed by atoms with E-state index in [-0.39, 0.29) is 26.1 Å². The Morgan fingerprint density at radius 2 is 0.540 bits per heavy atom. The first kappa shape index (κ1) is 94.3. The zero-order valence-electron chi connectivity index (χ0n) is 64.0. The van der Waals surface area contributed by atoms with Crippen LogP contribution in [0.15, 0.2) is 219 Å². The summed E-state index contributed by atoms with van der Waals surface area (Å²) >= 11 is 0. The van der Waals surface area contributed by atoms with Gasteiger partial charge in [-0.05, 0) is 154 Å². The summed E-state index contributed by atoms with van der Waals surface area (Å²) in [7, 11) is 1.14. The van der Waals surface area contributed by atoms with Crippen molar-refractivity contribution in [3.63, 3.8) is 0 Å². The molecule has 0 amide bonds. The Morgan fingerprint density at radius 3 is 0.800 bits per heavy atom. The minimum absolute atomic E-state index is 0.0429. The summed E-state index contributed by atoms with van der Waals surface area (Å²) in [6.07, 6.45) is 123. The van der Waals surface area contributed by atoms with Gasteiger partial charge in [0.05, 0.1) is 27.7 Å². The quantitative estimate of drug-likeness (QED) is 0.0195. The van der Waals surface area contributed by atoms with Gasteiger partial charge in [-0.2, -0.15) is 0 Å². The summed E-state index contributed by atoms with van der Waals surface area (Å²) in [6, 6.07) is 0. The number of phosphoric ester groups is 1. The summed E-state index contributed by atoms with van der Waals surface area (Å²) < 4.78 is 34.4. The van der Waals surface area contributed by atoms with E-state index in [1.54, 1.807) is 0 Å². The molecule has 0 bridgehead atoms. The minimum Gasteiger partial charge on any atom is -0.756 e. The highest BCUT2D eigenvalue weighted by atomic mass is 31.2. The van der Waals surface area contributed by atoms with E-state index in [1.165, 1.54) is 77.0 Å². The van der Waals surface area contributed by atoms with Gasteiger partial charge in [0.15, 0.2) is 6.10 Å². The van der Waals surface area contributed by atoms with Gasteiger partial charge in [0.2, 0.25) is 0 Å². The van der Waals surface area contributed by atoms with Crippen LogP contribution in [0.3, 0.4) is 0 Å². The van der Waals surface area contributed by atoms with Crippen molar-refractivity contribution < 1.29 is 42.1 Å². The number of carbonyl (C=O) groups excluding carboxylic acids is 2. The predicted octanol–water partition coefficient (Wildman–Crippen LogP) is 26.1. The van der Waals surface area contributed by atoms with Crippen LogP contribution in [-0.4, -0.2) is 70.0 Å². The van der Waals surface area contributed by atoms with E-state index in [9.17, 15) is 19.0 Å². The molecule has 0 fully saturated rings. The van der Waals surface area contributed by atoms with Crippen LogP contribution in [0.2, 0.25) is 0 Å². The fraction of sp³-hybridized carbons (Fsp3) is 0.578. The highest BCUT2D eigenvalue weighted by Crippen LogP contribution is 2.38. The zero-order valence-corrected chi connectivity index (χ0v) is 64.9. The minimum atomic E-state index is -4.66. The van der Waals surface area contributed by atoms with Crippen molar-refractivity contribution in [1.82, 2.24) is 0 Å². The van der Waals surface area contributed by atoms with Crippen LogP contribution in [0.5, 0.6) is 0 Å². The number of esters is 2. The lowest BCUT2D eigenvalue weighted by Gasteiger charge is -2.28. The third kappa shape index (κ3) is 81.3. The molecule has 0 aliphatic heterocycles. The third-order valence-corrected chi connectivity index (χ3v) is 17.0. The van der Waals surface area contributed by atoms with Crippen molar-refractivity contribution >= 4 is 19.8 Å². The van der Waals surface area contributed by atoms with E-state index < -0.39 is 32.5 Å². The number of allylic oxidation sites excluding steroid dienone is 36. The number of rotatable bonds is 70. The van der Waals surface area contributed by atoms with E-state index in [2.05, 4.69) is 233 Å². The van der Waals surface area contributed by atoms with Gasteiger partial charge in [-0.3, -0.25) is 14.2 Å². The lowest BCUT2D eigenvalue weighted by molar-refractivity contribution is -0.870. The van der Waals surface area contributed by atoms with Crippen molar-refractivity contribution in [2.45, 2.75) is 290 Å². The van der Waals surface area contributed by atoms with Gasteiger partial charge >= 0.3 is 11.9 Å². The first-order chi connectivity index (χ1) is 49.0. The zero-order chi connectivity index (χ0) is 72.5. The second-order valence-corrected chi connectivity index (χ2v) is 28.0. The van der Waals surface area contributed by atoms with Crippen molar-refractivity contribution in [2.24, 2.45) is 0 Å².